The number of carbonyl (C=O) groups excluding carboxylic acids is 1. The number of nitrogens with zero attached hydrogens (tertiary/aromatic N) is 3. The largest absolute Gasteiger partial charge is 0.297 e. The molecule has 0 unspecified atom stereocenters. The van der Waals surface area contributed by atoms with Gasteiger partial charge >= 0.3 is 0 Å². The molecule has 0 spiro atoms. The van der Waals surface area contributed by atoms with Gasteiger partial charge in [0.25, 0.3) is 0 Å². The first-order chi connectivity index (χ1) is 12.9. The summed E-state index contributed by atoms with van der Waals surface area (Å²) < 4.78 is 26.3. The first-order valence-electron chi connectivity index (χ1n) is 8.86. The SMILES string of the molecule is CCN(CC)S(=O)(=O)c1ccc(/C=C/C(=O)Nc2nnc(C3CC3)s2)cc1. The average molecular weight is 407 g/mol. The molecule has 0 atom stereocenters. The molecule has 0 saturated heterocycles. The Balaban J connectivity index is 1.62. The number of sulfonamides is 1. The highest BCUT2D eigenvalue weighted by atomic mass is 32.2. The first kappa shape index (κ1) is 19.7. The monoisotopic (exact) mass is 406 g/mol. The summed E-state index contributed by atoms with van der Waals surface area (Å²) in [6.45, 7) is 4.47. The van der Waals surface area contributed by atoms with Gasteiger partial charge in [-0.25, -0.2) is 8.42 Å². The molecule has 1 N–H and O–H groups in total. The van der Waals surface area contributed by atoms with Gasteiger partial charge in [0.05, 0.1) is 4.90 Å². The highest BCUT2D eigenvalue weighted by molar-refractivity contribution is 7.89. The van der Waals surface area contributed by atoms with Crippen LogP contribution in [0.1, 0.15) is 43.2 Å². The van der Waals surface area contributed by atoms with E-state index in [0.717, 1.165) is 23.4 Å². The molecule has 1 aromatic heterocycles. The number of anilines is 1. The number of hydrogen-bond acceptors (Lipinski definition) is 6. The summed E-state index contributed by atoms with van der Waals surface area (Å²) in [6.07, 6.45) is 5.31. The van der Waals surface area contributed by atoms with Crippen LogP contribution in [0.25, 0.3) is 6.08 Å². The van der Waals surface area contributed by atoms with Crippen molar-refractivity contribution in [2.45, 2.75) is 37.5 Å². The number of hydrogen-bond donors (Lipinski definition) is 1. The average Bonchev–Trinajstić information content (AvgIpc) is 3.41. The molecule has 1 aromatic carbocycles. The lowest BCUT2D eigenvalue weighted by Crippen LogP contribution is -2.30. The molecule has 9 heteroatoms. The lowest BCUT2D eigenvalue weighted by Gasteiger charge is -2.18. The van der Waals surface area contributed by atoms with Crippen LogP contribution >= 0.6 is 11.3 Å². The fraction of sp³-hybridized carbons (Fsp3) is 0.389. The van der Waals surface area contributed by atoms with E-state index < -0.39 is 10.0 Å². The van der Waals surface area contributed by atoms with Gasteiger partial charge < -0.3 is 0 Å². The third kappa shape index (κ3) is 4.79. The van der Waals surface area contributed by atoms with Crippen LogP contribution in [0.4, 0.5) is 5.13 Å². The molecular weight excluding hydrogens is 384 g/mol. The van der Waals surface area contributed by atoms with Crippen LogP contribution in [-0.2, 0) is 14.8 Å². The van der Waals surface area contributed by atoms with Crippen LogP contribution < -0.4 is 5.32 Å². The summed E-state index contributed by atoms with van der Waals surface area (Å²) >= 11 is 1.41. The van der Waals surface area contributed by atoms with Gasteiger partial charge in [-0.3, -0.25) is 10.1 Å². The molecule has 1 aliphatic rings. The van der Waals surface area contributed by atoms with E-state index in [1.54, 1.807) is 30.3 Å². The van der Waals surface area contributed by atoms with Gasteiger partial charge in [-0.2, -0.15) is 4.31 Å². The molecule has 1 aliphatic carbocycles. The van der Waals surface area contributed by atoms with E-state index in [1.807, 2.05) is 13.8 Å². The molecule has 1 amide bonds. The van der Waals surface area contributed by atoms with Gasteiger partial charge in [0.2, 0.25) is 21.1 Å². The smallest absolute Gasteiger partial charge is 0.250 e. The lowest BCUT2D eigenvalue weighted by atomic mass is 10.2. The van der Waals surface area contributed by atoms with Crippen LogP contribution in [0.5, 0.6) is 0 Å². The van der Waals surface area contributed by atoms with Crippen molar-refractivity contribution in [1.29, 1.82) is 0 Å². The van der Waals surface area contributed by atoms with E-state index in [4.69, 9.17) is 0 Å². The molecule has 2 aromatic rings. The van der Waals surface area contributed by atoms with Crippen molar-refractivity contribution < 1.29 is 13.2 Å². The second kappa shape index (κ2) is 8.28. The zero-order valence-corrected chi connectivity index (χ0v) is 16.9. The van der Waals surface area contributed by atoms with E-state index in [2.05, 4.69) is 15.5 Å². The van der Waals surface area contributed by atoms with E-state index >= 15 is 0 Å². The number of carbonyl (C=O) groups is 1. The normalized spacial score (nSPS) is 14.8. The molecule has 0 radical (unpaired) electrons. The Kier molecular flexibility index (Phi) is 6.03. The molecule has 1 fully saturated rings. The van der Waals surface area contributed by atoms with E-state index in [-0.39, 0.29) is 10.8 Å². The molecule has 1 heterocycles. The minimum atomic E-state index is -3.47. The Hall–Kier alpha value is -2.10. The third-order valence-corrected chi connectivity index (χ3v) is 7.31. The van der Waals surface area contributed by atoms with Gasteiger partial charge in [0, 0.05) is 25.1 Å². The molecule has 7 nitrogen and oxygen atoms in total. The summed E-state index contributed by atoms with van der Waals surface area (Å²) in [5.74, 6) is 0.211. The zero-order chi connectivity index (χ0) is 19.4. The van der Waals surface area contributed by atoms with E-state index in [9.17, 15) is 13.2 Å². The van der Waals surface area contributed by atoms with Crippen LogP contribution in [-0.4, -0.2) is 41.9 Å². The van der Waals surface area contributed by atoms with Crippen molar-refractivity contribution in [3.63, 3.8) is 0 Å². The second-order valence-corrected chi connectivity index (χ2v) is 9.15. The molecule has 3 rings (SSSR count). The number of rotatable bonds is 8. The van der Waals surface area contributed by atoms with Crippen molar-refractivity contribution in [2.75, 3.05) is 18.4 Å². The highest BCUT2D eigenvalue weighted by Crippen LogP contribution is 2.42. The molecule has 0 aliphatic heterocycles. The van der Waals surface area contributed by atoms with Crippen molar-refractivity contribution in [3.8, 4) is 0 Å². The molecule has 1 saturated carbocycles. The fourth-order valence-corrected chi connectivity index (χ4v) is 4.94. The summed E-state index contributed by atoms with van der Waals surface area (Å²) in [7, 11) is -3.47. The summed E-state index contributed by atoms with van der Waals surface area (Å²) in [5.41, 5.74) is 0.736. The lowest BCUT2D eigenvalue weighted by molar-refractivity contribution is -0.111. The Morgan fingerprint density at radius 3 is 2.48 bits per heavy atom. The maximum Gasteiger partial charge on any atom is 0.250 e. The van der Waals surface area contributed by atoms with Crippen LogP contribution in [0, 0.1) is 0 Å². The number of amides is 1. The van der Waals surface area contributed by atoms with Gasteiger partial charge in [0.15, 0.2) is 0 Å². The van der Waals surface area contributed by atoms with Crippen molar-refractivity contribution in [2.24, 2.45) is 0 Å². The second-order valence-electron chi connectivity index (χ2n) is 6.20. The van der Waals surface area contributed by atoms with Crippen molar-refractivity contribution in [3.05, 3.63) is 40.9 Å². The Morgan fingerprint density at radius 2 is 1.89 bits per heavy atom. The van der Waals surface area contributed by atoms with Gasteiger partial charge in [-0.1, -0.05) is 37.3 Å². The first-order valence-corrected chi connectivity index (χ1v) is 11.1. The third-order valence-electron chi connectivity index (χ3n) is 4.25. The topological polar surface area (TPSA) is 92.3 Å². The summed E-state index contributed by atoms with van der Waals surface area (Å²) in [5, 5.41) is 12.2. The molecule has 144 valence electrons. The van der Waals surface area contributed by atoms with Crippen LogP contribution in [0.15, 0.2) is 35.2 Å². The maximum absolute atomic E-state index is 12.5. The van der Waals surface area contributed by atoms with Gasteiger partial charge in [-0.05, 0) is 36.6 Å². The fourth-order valence-electron chi connectivity index (χ4n) is 2.56. The van der Waals surface area contributed by atoms with E-state index in [1.165, 1.54) is 21.7 Å². The standard InChI is InChI=1S/C18H22N4O3S2/c1-3-22(4-2)27(24,25)15-10-5-13(6-11-15)7-12-16(23)19-18-21-20-17(26-18)14-8-9-14/h5-7,10-12,14H,3-4,8-9H2,1-2H3,(H,19,21,23)/b12-7+. The Bertz CT molecular complexity index is 928. The van der Waals surface area contributed by atoms with Gasteiger partial charge in [-0.15, -0.1) is 10.2 Å². The zero-order valence-electron chi connectivity index (χ0n) is 15.3. The number of aromatic nitrogens is 2. The van der Waals surface area contributed by atoms with Crippen LogP contribution in [0.2, 0.25) is 0 Å². The Labute approximate surface area is 163 Å². The summed E-state index contributed by atoms with van der Waals surface area (Å²) in [6, 6.07) is 6.46. The predicted molar refractivity (Wildman–Crippen MR) is 106 cm³/mol. The van der Waals surface area contributed by atoms with Gasteiger partial charge in [0.1, 0.15) is 5.01 Å². The molecule has 27 heavy (non-hydrogen) atoms. The minimum absolute atomic E-state index is 0.245. The minimum Gasteiger partial charge on any atom is -0.297 e. The maximum atomic E-state index is 12.5. The molecule has 0 bridgehead atoms. The predicted octanol–water partition coefficient (Wildman–Crippen LogP) is 3.10. The van der Waals surface area contributed by atoms with Crippen LogP contribution in [0.3, 0.4) is 0 Å². The number of benzene rings is 1. The number of nitrogens with one attached hydrogen (secondary N) is 1. The Morgan fingerprint density at radius 1 is 1.22 bits per heavy atom. The quantitative estimate of drug-likeness (QED) is 0.680. The van der Waals surface area contributed by atoms with Crippen molar-refractivity contribution >= 4 is 38.5 Å². The molecular formula is C18H22N4O3S2. The highest BCUT2D eigenvalue weighted by Gasteiger charge is 2.27. The van der Waals surface area contributed by atoms with E-state index in [0.29, 0.717) is 24.1 Å². The summed E-state index contributed by atoms with van der Waals surface area (Å²) in [4.78, 5) is 12.3. The van der Waals surface area contributed by atoms with Crippen molar-refractivity contribution in [1.82, 2.24) is 14.5 Å².